The standard InChI is InChI=1S/C16H31N3/c1-11-12(2)19(8-7-16(11)17)15-9-13-5-4-6-14(10-15)18(13)3/h11-16H,4-10,17H2,1-3H3. The number of hydrogen-bond acceptors (Lipinski definition) is 3. The maximum atomic E-state index is 6.24. The van der Waals surface area contributed by atoms with Gasteiger partial charge in [0.15, 0.2) is 0 Å². The zero-order valence-electron chi connectivity index (χ0n) is 12.9. The lowest BCUT2D eigenvalue weighted by atomic mass is 9.79. The first-order valence-electron chi connectivity index (χ1n) is 8.31. The van der Waals surface area contributed by atoms with Crippen LogP contribution in [-0.4, -0.2) is 53.6 Å². The molecule has 2 N–H and O–H groups in total. The Morgan fingerprint density at radius 1 is 0.947 bits per heavy atom. The van der Waals surface area contributed by atoms with Gasteiger partial charge in [0.25, 0.3) is 0 Å². The molecule has 3 nitrogen and oxygen atoms in total. The van der Waals surface area contributed by atoms with Crippen LogP contribution >= 0.6 is 0 Å². The SMILES string of the molecule is CC1C(N)CCN(C2CC3CCCC(C2)N3C)C1C. The molecule has 0 saturated carbocycles. The Morgan fingerprint density at radius 3 is 2.21 bits per heavy atom. The second-order valence-corrected chi connectivity index (χ2v) is 7.32. The van der Waals surface area contributed by atoms with E-state index in [2.05, 4.69) is 30.7 Å². The molecule has 3 heteroatoms. The number of fused-ring (bicyclic) bond motifs is 2. The fourth-order valence-electron chi connectivity index (χ4n) is 4.80. The Labute approximate surface area is 118 Å². The van der Waals surface area contributed by atoms with Crippen molar-refractivity contribution in [1.82, 2.24) is 9.80 Å². The van der Waals surface area contributed by atoms with Crippen LogP contribution in [0.1, 0.15) is 52.4 Å². The normalized spacial score (nSPS) is 49.3. The topological polar surface area (TPSA) is 32.5 Å². The molecular formula is C16H31N3. The van der Waals surface area contributed by atoms with E-state index >= 15 is 0 Å². The lowest BCUT2D eigenvalue weighted by Crippen LogP contribution is -2.60. The number of piperidine rings is 3. The summed E-state index contributed by atoms with van der Waals surface area (Å²) in [5, 5.41) is 0. The van der Waals surface area contributed by atoms with Crippen LogP contribution in [0.15, 0.2) is 0 Å². The lowest BCUT2D eigenvalue weighted by molar-refractivity contribution is -0.0265. The summed E-state index contributed by atoms with van der Waals surface area (Å²) in [4.78, 5) is 5.47. The molecule has 0 spiro atoms. The van der Waals surface area contributed by atoms with Crippen LogP contribution in [0.2, 0.25) is 0 Å². The van der Waals surface area contributed by atoms with Crippen LogP contribution in [0, 0.1) is 5.92 Å². The second kappa shape index (κ2) is 5.34. The minimum absolute atomic E-state index is 0.414. The first kappa shape index (κ1) is 13.8. The van der Waals surface area contributed by atoms with Gasteiger partial charge in [-0.15, -0.1) is 0 Å². The van der Waals surface area contributed by atoms with Gasteiger partial charge in [-0.1, -0.05) is 13.3 Å². The highest BCUT2D eigenvalue weighted by molar-refractivity contribution is 4.98. The van der Waals surface area contributed by atoms with Crippen LogP contribution < -0.4 is 5.73 Å². The van der Waals surface area contributed by atoms with Gasteiger partial charge in [-0.2, -0.15) is 0 Å². The Bertz CT molecular complexity index is 305. The Hall–Kier alpha value is -0.120. The zero-order chi connectivity index (χ0) is 13.6. The number of nitrogens with two attached hydrogens (primary N) is 1. The molecule has 3 rings (SSSR count). The number of rotatable bonds is 1. The van der Waals surface area contributed by atoms with Gasteiger partial charge >= 0.3 is 0 Å². The van der Waals surface area contributed by atoms with Crippen molar-refractivity contribution in [2.45, 2.75) is 82.6 Å². The van der Waals surface area contributed by atoms with Crippen LogP contribution in [0.25, 0.3) is 0 Å². The molecule has 110 valence electrons. The molecule has 0 aromatic rings. The lowest BCUT2D eigenvalue weighted by Gasteiger charge is -2.53. The highest BCUT2D eigenvalue weighted by Gasteiger charge is 2.41. The average Bonchev–Trinajstić information content (AvgIpc) is 2.36. The highest BCUT2D eigenvalue weighted by Crippen LogP contribution is 2.37. The summed E-state index contributed by atoms with van der Waals surface area (Å²) >= 11 is 0. The van der Waals surface area contributed by atoms with Gasteiger partial charge in [0, 0.05) is 36.8 Å². The molecule has 3 saturated heterocycles. The zero-order valence-corrected chi connectivity index (χ0v) is 12.9. The summed E-state index contributed by atoms with van der Waals surface area (Å²) in [6, 6.07) is 3.58. The minimum Gasteiger partial charge on any atom is -0.327 e. The largest absolute Gasteiger partial charge is 0.327 e. The Kier molecular flexibility index (Phi) is 3.89. The molecule has 0 radical (unpaired) electrons. The third-order valence-electron chi connectivity index (χ3n) is 6.46. The third kappa shape index (κ3) is 2.45. The second-order valence-electron chi connectivity index (χ2n) is 7.32. The number of hydrogen-bond donors (Lipinski definition) is 1. The average molecular weight is 265 g/mol. The van der Waals surface area contributed by atoms with Gasteiger partial charge in [-0.3, -0.25) is 4.90 Å². The predicted octanol–water partition coefficient (Wildman–Crippen LogP) is 2.06. The summed E-state index contributed by atoms with van der Waals surface area (Å²) in [5.41, 5.74) is 6.24. The molecule has 19 heavy (non-hydrogen) atoms. The van der Waals surface area contributed by atoms with Crippen molar-refractivity contribution in [1.29, 1.82) is 0 Å². The molecule has 0 aromatic heterocycles. The van der Waals surface area contributed by atoms with E-state index in [0.29, 0.717) is 18.0 Å². The molecule has 3 aliphatic rings. The molecule has 3 heterocycles. The van der Waals surface area contributed by atoms with Gasteiger partial charge in [-0.25, -0.2) is 0 Å². The molecular weight excluding hydrogens is 234 g/mol. The van der Waals surface area contributed by atoms with Crippen molar-refractivity contribution in [3.63, 3.8) is 0 Å². The first-order valence-corrected chi connectivity index (χ1v) is 8.31. The molecule has 2 bridgehead atoms. The summed E-state index contributed by atoms with van der Waals surface area (Å²) in [6.07, 6.45) is 8.25. The van der Waals surface area contributed by atoms with Gasteiger partial charge in [-0.05, 0) is 52.0 Å². The van der Waals surface area contributed by atoms with Gasteiger partial charge in [0.1, 0.15) is 0 Å². The maximum absolute atomic E-state index is 6.24. The molecule has 0 aromatic carbocycles. The third-order valence-corrected chi connectivity index (χ3v) is 6.46. The van der Waals surface area contributed by atoms with E-state index in [0.717, 1.165) is 18.1 Å². The molecule has 3 aliphatic heterocycles. The van der Waals surface area contributed by atoms with Crippen molar-refractivity contribution in [3.05, 3.63) is 0 Å². The maximum Gasteiger partial charge on any atom is 0.0128 e. The van der Waals surface area contributed by atoms with Gasteiger partial charge in [0.2, 0.25) is 0 Å². The minimum atomic E-state index is 0.414. The Morgan fingerprint density at radius 2 is 1.58 bits per heavy atom. The summed E-state index contributed by atoms with van der Waals surface area (Å²) in [6.45, 7) is 5.97. The first-order chi connectivity index (χ1) is 9.08. The van der Waals surface area contributed by atoms with Crippen LogP contribution in [0.5, 0.6) is 0 Å². The summed E-state index contributed by atoms with van der Waals surface area (Å²) in [7, 11) is 2.35. The summed E-state index contributed by atoms with van der Waals surface area (Å²) in [5.74, 6) is 0.647. The van der Waals surface area contributed by atoms with Crippen molar-refractivity contribution in [3.8, 4) is 0 Å². The molecule has 0 amide bonds. The van der Waals surface area contributed by atoms with E-state index in [1.807, 2.05) is 0 Å². The van der Waals surface area contributed by atoms with E-state index in [-0.39, 0.29) is 0 Å². The van der Waals surface area contributed by atoms with E-state index in [1.54, 1.807) is 0 Å². The quantitative estimate of drug-likeness (QED) is 0.788. The highest BCUT2D eigenvalue weighted by atomic mass is 15.3. The van der Waals surface area contributed by atoms with Crippen molar-refractivity contribution < 1.29 is 0 Å². The Balaban J connectivity index is 1.69. The summed E-state index contributed by atoms with van der Waals surface area (Å²) < 4.78 is 0. The van der Waals surface area contributed by atoms with Gasteiger partial charge in [0.05, 0.1) is 0 Å². The van der Waals surface area contributed by atoms with E-state index in [1.165, 1.54) is 45.1 Å². The van der Waals surface area contributed by atoms with Crippen LogP contribution in [0.3, 0.4) is 0 Å². The predicted molar refractivity (Wildman–Crippen MR) is 80.1 cm³/mol. The van der Waals surface area contributed by atoms with E-state index in [4.69, 9.17) is 5.73 Å². The number of likely N-dealkylation sites (tertiary alicyclic amines) is 1. The fraction of sp³-hybridized carbons (Fsp3) is 1.00. The van der Waals surface area contributed by atoms with Crippen molar-refractivity contribution >= 4 is 0 Å². The van der Waals surface area contributed by atoms with Crippen LogP contribution in [-0.2, 0) is 0 Å². The fourth-order valence-corrected chi connectivity index (χ4v) is 4.80. The monoisotopic (exact) mass is 265 g/mol. The van der Waals surface area contributed by atoms with Crippen molar-refractivity contribution in [2.75, 3.05) is 13.6 Å². The van der Waals surface area contributed by atoms with Crippen LogP contribution in [0.4, 0.5) is 0 Å². The molecule has 5 unspecified atom stereocenters. The van der Waals surface area contributed by atoms with E-state index < -0.39 is 0 Å². The van der Waals surface area contributed by atoms with E-state index in [9.17, 15) is 0 Å². The molecule has 0 aliphatic carbocycles. The molecule has 3 fully saturated rings. The molecule has 5 atom stereocenters. The van der Waals surface area contributed by atoms with Gasteiger partial charge < -0.3 is 10.6 Å². The number of nitrogens with zero attached hydrogens (tertiary/aromatic N) is 2. The smallest absolute Gasteiger partial charge is 0.0128 e. The van der Waals surface area contributed by atoms with Crippen molar-refractivity contribution in [2.24, 2.45) is 11.7 Å².